The molecule has 2 rings (SSSR count). The number of rotatable bonds is 2. The fourth-order valence-electron chi connectivity index (χ4n) is 1.49. The molecule has 18 heavy (non-hydrogen) atoms. The van der Waals surface area contributed by atoms with Crippen LogP contribution in [0.1, 0.15) is 5.56 Å². The Hall–Kier alpha value is -2.25. The summed E-state index contributed by atoms with van der Waals surface area (Å²) in [5.41, 5.74) is 7.03. The van der Waals surface area contributed by atoms with Crippen molar-refractivity contribution in [3.8, 4) is 6.07 Å². The lowest BCUT2D eigenvalue weighted by Crippen LogP contribution is -1.97. The van der Waals surface area contributed by atoms with E-state index in [1.54, 1.807) is 18.2 Å². The van der Waals surface area contributed by atoms with Crippen LogP contribution in [-0.2, 0) is 0 Å². The van der Waals surface area contributed by atoms with Gasteiger partial charge in [-0.25, -0.2) is 4.39 Å². The van der Waals surface area contributed by atoms with Crippen LogP contribution in [0.5, 0.6) is 0 Å². The number of hydrogen-bond donors (Lipinski definition) is 2. The minimum Gasteiger partial charge on any atom is -0.398 e. The first-order valence-corrected chi connectivity index (χ1v) is 5.50. The second-order valence-corrected chi connectivity index (χ2v) is 4.04. The second-order valence-electron chi connectivity index (χ2n) is 3.64. The number of nitrogens with zero attached hydrogens (tertiary/aromatic N) is 1. The van der Waals surface area contributed by atoms with Gasteiger partial charge in [-0.05, 0) is 30.3 Å². The SMILES string of the molecule is N#Cc1cc(Nc2c(F)cccc2Cl)ccc1N. The number of hydrogen-bond acceptors (Lipinski definition) is 3. The average molecular weight is 262 g/mol. The third kappa shape index (κ3) is 2.36. The van der Waals surface area contributed by atoms with Crippen LogP contribution >= 0.6 is 11.6 Å². The Bertz CT molecular complexity index is 614. The van der Waals surface area contributed by atoms with Gasteiger partial charge in [0, 0.05) is 11.4 Å². The molecule has 0 fully saturated rings. The number of nitrogens with one attached hydrogen (secondary N) is 1. The van der Waals surface area contributed by atoms with E-state index in [0.717, 1.165) is 0 Å². The van der Waals surface area contributed by atoms with Crippen molar-refractivity contribution < 1.29 is 4.39 Å². The molecule has 3 N–H and O–H groups in total. The maximum atomic E-state index is 13.6. The molecule has 3 nitrogen and oxygen atoms in total. The predicted molar refractivity (Wildman–Crippen MR) is 70.3 cm³/mol. The predicted octanol–water partition coefficient (Wildman–Crippen LogP) is 3.68. The van der Waals surface area contributed by atoms with Crippen LogP contribution < -0.4 is 11.1 Å². The van der Waals surface area contributed by atoms with Crippen LogP contribution in [0.15, 0.2) is 36.4 Å². The van der Waals surface area contributed by atoms with E-state index in [2.05, 4.69) is 5.32 Å². The summed E-state index contributed by atoms with van der Waals surface area (Å²) >= 11 is 5.89. The van der Waals surface area contributed by atoms with Crippen LogP contribution in [0.3, 0.4) is 0 Å². The van der Waals surface area contributed by atoms with Gasteiger partial charge in [-0.1, -0.05) is 17.7 Å². The van der Waals surface area contributed by atoms with E-state index in [1.165, 1.54) is 18.2 Å². The summed E-state index contributed by atoms with van der Waals surface area (Å²) in [6.45, 7) is 0. The quantitative estimate of drug-likeness (QED) is 0.811. The number of nitriles is 1. The highest BCUT2D eigenvalue weighted by atomic mass is 35.5. The zero-order chi connectivity index (χ0) is 13.1. The lowest BCUT2D eigenvalue weighted by molar-refractivity contribution is 0.632. The van der Waals surface area contributed by atoms with Crippen LogP contribution in [0, 0.1) is 17.1 Å². The molecule has 0 aliphatic heterocycles. The fraction of sp³-hybridized carbons (Fsp3) is 0. The van der Waals surface area contributed by atoms with Gasteiger partial charge in [-0.15, -0.1) is 0 Å². The zero-order valence-electron chi connectivity index (χ0n) is 9.24. The van der Waals surface area contributed by atoms with Gasteiger partial charge in [0.05, 0.1) is 16.3 Å². The minimum absolute atomic E-state index is 0.174. The summed E-state index contributed by atoms with van der Waals surface area (Å²) in [5.74, 6) is -0.460. The standard InChI is InChI=1S/C13H9ClFN3/c14-10-2-1-3-11(15)13(10)18-9-4-5-12(17)8(6-9)7-16/h1-6,18H,17H2. The summed E-state index contributed by atoms with van der Waals surface area (Å²) in [7, 11) is 0. The molecule has 90 valence electrons. The van der Waals surface area contributed by atoms with Gasteiger partial charge in [0.15, 0.2) is 0 Å². The van der Waals surface area contributed by atoms with Gasteiger partial charge in [-0.2, -0.15) is 5.26 Å². The Labute approximate surface area is 109 Å². The number of para-hydroxylation sites is 1. The molecular weight excluding hydrogens is 253 g/mol. The van der Waals surface area contributed by atoms with Crippen molar-refractivity contribution in [1.82, 2.24) is 0 Å². The van der Waals surface area contributed by atoms with Crippen molar-refractivity contribution in [2.45, 2.75) is 0 Å². The van der Waals surface area contributed by atoms with Crippen molar-refractivity contribution in [3.05, 3.63) is 52.8 Å². The molecule has 0 saturated heterocycles. The van der Waals surface area contributed by atoms with Gasteiger partial charge in [0.25, 0.3) is 0 Å². The summed E-state index contributed by atoms with van der Waals surface area (Å²) < 4.78 is 13.6. The van der Waals surface area contributed by atoms with Crippen LogP contribution in [0.2, 0.25) is 5.02 Å². The Morgan fingerprint density at radius 3 is 2.72 bits per heavy atom. The Morgan fingerprint density at radius 1 is 1.28 bits per heavy atom. The van der Waals surface area contributed by atoms with E-state index in [9.17, 15) is 4.39 Å². The number of benzene rings is 2. The van der Waals surface area contributed by atoms with E-state index in [4.69, 9.17) is 22.6 Å². The van der Waals surface area contributed by atoms with Crippen molar-refractivity contribution in [2.24, 2.45) is 0 Å². The van der Waals surface area contributed by atoms with Crippen LogP contribution in [0.4, 0.5) is 21.5 Å². The number of anilines is 3. The van der Waals surface area contributed by atoms with E-state index in [0.29, 0.717) is 16.9 Å². The van der Waals surface area contributed by atoms with Gasteiger partial charge in [-0.3, -0.25) is 0 Å². The normalized spacial score (nSPS) is 9.83. The maximum absolute atomic E-state index is 13.6. The fourth-order valence-corrected chi connectivity index (χ4v) is 1.70. The molecule has 0 spiro atoms. The Morgan fingerprint density at radius 2 is 2.06 bits per heavy atom. The highest BCUT2D eigenvalue weighted by Gasteiger charge is 2.08. The number of nitrogen functional groups attached to an aromatic ring is 1. The third-order valence-corrected chi connectivity index (χ3v) is 2.72. The Balaban J connectivity index is 2.38. The monoisotopic (exact) mass is 261 g/mol. The largest absolute Gasteiger partial charge is 0.398 e. The molecule has 0 amide bonds. The summed E-state index contributed by atoms with van der Waals surface area (Å²) in [4.78, 5) is 0. The Kier molecular flexibility index (Phi) is 3.35. The minimum atomic E-state index is -0.460. The lowest BCUT2D eigenvalue weighted by Gasteiger charge is -2.10. The van der Waals surface area contributed by atoms with E-state index in [-0.39, 0.29) is 10.7 Å². The maximum Gasteiger partial charge on any atom is 0.148 e. The molecule has 5 heteroatoms. The molecule has 0 aromatic heterocycles. The molecule has 0 radical (unpaired) electrons. The third-order valence-electron chi connectivity index (χ3n) is 2.41. The molecule has 2 aromatic carbocycles. The molecule has 0 heterocycles. The molecule has 0 atom stereocenters. The first-order chi connectivity index (χ1) is 8.61. The van der Waals surface area contributed by atoms with Crippen molar-refractivity contribution in [2.75, 3.05) is 11.1 Å². The summed E-state index contributed by atoms with van der Waals surface area (Å²) in [6.07, 6.45) is 0. The van der Waals surface area contributed by atoms with E-state index >= 15 is 0 Å². The molecule has 0 aliphatic carbocycles. The van der Waals surface area contributed by atoms with Gasteiger partial charge < -0.3 is 11.1 Å². The highest BCUT2D eigenvalue weighted by Crippen LogP contribution is 2.29. The van der Waals surface area contributed by atoms with Crippen LogP contribution in [-0.4, -0.2) is 0 Å². The first-order valence-electron chi connectivity index (χ1n) is 5.12. The summed E-state index contributed by atoms with van der Waals surface area (Å²) in [6, 6.07) is 11.1. The molecule has 0 unspecified atom stereocenters. The van der Waals surface area contributed by atoms with E-state index < -0.39 is 5.82 Å². The average Bonchev–Trinajstić information content (AvgIpc) is 2.36. The van der Waals surface area contributed by atoms with Crippen molar-refractivity contribution in [3.63, 3.8) is 0 Å². The summed E-state index contributed by atoms with van der Waals surface area (Å²) in [5, 5.41) is 12.0. The molecule has 2 aromatic rings. The second kappa shape index (κ2) is 4.94. The number of nitrogens with two attached hydrogens (primary N) is 1. The lowest BCUT2D eigenvalue weighted by atomic mass is 10.1. The molecule has 0 aliphatic rings. The van der Waals surface area contributed by atoms with Gasteiger partial charge >= 0.3 is 0 Å². The van der Waals surface area contributed by atoms with Crippen molar-refractivity contribution in [1.29, 1.82) is 5.26 Å². The molecule has 0 bridgehead atoms. The zero-order valence-corrected chi connectivity index (χ0v) is 10.0. The van der Waals surface area contributed by atoms with Gasteiger partial charge in [0.2, 0.25) is 0 Å². The molecular formula is C13H9ClFN3. The first kappa shape index (κ1) is 12.2. The van der Waals surface area contributed by atoms with Crippen LogP contribution in [0.25, 0.3) is 0 Å². The van der Waals surface area contributed by atoms with E-state index in [1.807, 2.05) is 6.07 Å². The smallest absolute Gasteiger partial charge is 0.148 e. The van der Waals surface area contributed by atoms with Gasteiger partial charge in [0.1, 0.15) is 11.9 Å². The topological polar surface area (TPSA) is 61.8 Å². The highest BCUT2D eigenvalue weighted by molar-refractivity contribution is 6.33. The number of halogens is 2. The van der Waals surface area contributed by atoms with Crippen molar-refractivity contribution >= 4 is 28.7 Å². The molecule has 0 saturated carbocycles.